The zero-order chi connectivity index (χ0) is 21.1. The fourth-order valence-corrected chi connectivity index (χ4v) is 4.51. The Bertz CT molecular complexity index is 1010. The van der Waals surface area contributed by atoms with Crippen LogP contribution in [0.2, 0.25) is 0 Å². The number of aromatic nitrogens is 4. The van der Waals surface area contributed by atoms with Gasteiger partial charge in [0.1, 0.15) is 0 Å². The van der Waals surface area contributed by atoms with Gasteiger partial charge in [-0.1, -0.05) is 12.8 Å². The van der Waals surface area contributed by atoms with Crippen molar-refractivity contribution in [1.82, 2.24) is 24.6 Å². The topological polar surface area (TPSA) is 68.0 Å². The largest absolute Gasteiger partial charge is 0.338 e. The first kappa shape index (κ1) is 20.4. The summed E-state index contributed by atoms with van der Waals surface area (Å²) < 4.78 is 4.01. The van der Waals surface area contributed by atoms with Crippen LogP contribution in [-0.2, 0) is 13.6 Å². The van der Waals surface area contributed by atoms with E-state index in [1.165, 1.54) is 25.7 Å². The van der Waals surface area contributed by atoms with E-state index in [1.54, 1.807) is 0 Å². The van der Waals surface area contributed by atoms with Crippen LogP contribution in [0, 0.1) is 19.8 Å². The number of fused-ring (bicyclic) bond motifs is 1. The second-order valence-corrected chi connectivity index (χ2v) is 8.49. The molecule has 0 spiro atoms. The Morgan fingerprint density at radius 1 is 1.27 bits per heavy atom. The maximum atomic E-state index is 13.2. The van der Waals surface area contributed by atoms with Gasteiger partial charge in [0.15, 0.2) is 0 Å². The molecule has 0 bridgehead atoms. The summed E-state index contributed by atoms with van der Waals surface area (Å²) in [6, 6.07) is 6.22. The number of urea groups is 1. The highest BCUT2D eigenvalue weighted by molar-refractivity contribution is 5.95. The maximum Gasteiger partial charge on any atom is 0.321 e. The lowest BCUT2D eigenvalue weighted by molar-refractivity contribution is 0.244. The van der Waals surface area contributed by atoms with Gasteiger partial charge in [-0.05, 0) is 57.2 Å². The lowest BCUT2D eigenvalue weighted by Gasteiger charge is -2.26. The molecule has 7 nitrogen and oxygen atoms in total. The third-order valence-electron chi connectivity index (χ3n) is 6.26. The van der Waals surface area contributed by atoms with Crippen LogP contribution < -0.4 is 10.2 Å². The number of imidazole rings is 1. The van der Waals surface area contributed by atoms with Gasteiger partial charge in [0.2, 0.25) is 0 Å². The van der Waals surface area contributed by atoms with Gasteiger partial charge in [0.05, 0.1) is 17.5 Å². The van der Waals surface area contributed by atoms with Crippen LogP contribution in [-0.4, -0.2) is 38.5 Å². The van der Waals surface area contributed by atoms with E-state index in [9.17, 15) is 4.79 Å². The van der Waals surface area contributed by atoms with Gasteiger partial charge in [0, 0.05) is 49.6 Å². The molecule has 4 rings (SSSR count). The molecule has 0 unspecified atom stereocenters. The van der Waals surface area contributed by atoms with Crippen LogP contribution in [0.3, 0.4) is 0 Å². The summed E-state index contributed by atoms with van der Waals surface area (Å²) in [4.78, 5) is 19.3. The molecule has 0 radical (unpaired) electrons. The van der Waals surface area contributed by atoms with Gasteiger partial charge < -0.3 is 9.88 Å². The molecule has 7 heteroatoms. The number of anilines is 1. The SMILES string of the molecule is Cc1nn(C)c2ccc(N(CC3CCCC3)C(=O)NCCCn3cncc3C)cc12. The normalized spacial score (nSPS) is 14.5. The molecule has 2 aromatic heterocycles. The van der Waals surface area contributed by atoms with E-state index < -0.39 is 0 Å². The van der Waals surface area contributed by atoms with Gasteiger partial charge in [-0.15, -0.1) is 0 Å². The van der Waals surface area contributed by atoms with E-state index in [1.807, 2.05) is 49.1 Å². The average molecular weight is 409 g/mol. The smallest absolute Gasteiger partial charge is 0.321 e. The standard InChI is InChI=1S/C23H32N6O/c1-17-14-24-16-28(17)12-6-11-25-23(30)29(15-19-7-4-5-8-19)20-9-10-22-21(13-20)18(2)26-27(22)3/h9-10,13-14,16,19H,4-8,11-12,15H2,1-3H3,(H,25,30). The predicted octanol–water partition coefficient (Wildman–Crippen LogP) is 4.18. The number of nitrogens with zero attached hydrogens (tertiary/aromatic N) is 5. The van der Waals surface area contributed by atoms with Crippen molar-refractivity contribution in [3.8, 4) is 0 Å². The number of hydrogen-bond acceptors (Lipinski definition) is 3. The molecule has 30 heavy (non-hydrogen) atoms. The monoisotopic (exact) mass is 408 g/mol. The molecule has 3 aromatic rings. The van der Waals surface area contributed by atoms with Gasteiger partial charge in [-0.25, -0.2) is 9.78 Å². The van der Waals surface area contributed by atoms with Crippen molar-refractivity contribution in [3.05, 3.63) is 42.1 Å². The zero-order valence-electron chi connectivity index (χ0n) is 18.3. The Morgan fingerprint density at radius 3 is 2.80 bits per heavy atom. The molecule has 2 amide bonds. The lowest BCUT2D eigenvalue weighted by atomic mass is 10.1. The Hall–Kier alpha value is -2.83. The molecular weight excluding hydrogens is 376 g/mol. The van der Waals surface area contributed by atoms with Crippen molar-refractivity contribution in [2.45, 2.75) is 52.5 Å². The van der Waals surface area contributed by atoms with Crippen LogP contribution >= 0.6 is 0 Å². The molecule has 2 heterocycles. The summed E-state index contributed by atoms with van der Waals surface area (Å²) in [5.41, 5.74) is 4.18. The van der Waals surface area contributed by atoms with Crippen LogP contribution in [0.4, 0.5) is 10.5 Å². The molecular formula is C23H32N6O. The van der Waals surface area contributed by atoms with Crippen molar-refractivity contribution < 1.29 is 4.79 Å². The van der Waals surface area contributed by atoms with Crippen LogP contribution in [0.1, 0.15) is 43.5 Å². The molecule has 1 aromatic carbocycles. The zero-order valence-corrected chi connectivity index (χ0v) is 18.3. The molecule has 1 fully saturated rings. The van der Waals surface area contributed by atoms with E-state index in [-0.39, 0.29) is 6.03 Å². The lowest BCUT2D eigenvalue weighted by Crippen LogP contribution is -2.43. The van der Waals surface area contributed by atoms with Gasteiger partial charge in [0.25, 0.3) is 0 Å². The number of aryl methyl sites for hydroxylation is 4. The van der Waals surface area contributed by atoms with Crippen molar-refractivity contribution in [1.29, 1.82) is 0 Å². The Morgan fingerprint density at radius 2 is 2.07 bits per heavy atom. The fraction of sp³-hybridized carbons (Fsp3) is 0.522. The highest BCUT2D eigenvalue weighted by atomic mass is 16.2. The first-order valence-electron chi connectivity index (χ1n) is 11.0. The van der Waals surface area contributed by atoms with E-state index in [4.69, 9.17) is 0 Å². The summed E-state index contributed by atoms with van der Waals surface area (Å²) in [5, 5.41) is 8.76. The van der Waals surface area contributed by atoms with Crippen molar-refractivity contribution in [3.63, 3.8) is 0 Å². The number of amides is 2. The summed E-state index contributed by atoms with van der Waals surface area (Å²) in [7, 11) is 1.96. The molecule has 0 aliphatic heterocycles. The van der Waals surface area contributed by atoms with Crippen LogP contribution in [0.15, 0.2) is 30.7 Å². The summed E-state index contributed by atoms with van der Waals surface area (Å²) >= 11 is 0. The Labute approximate surface area is 178 Å². The van der Waals surface area contributed by atoms with Gasteiger partial charge >= 0.3 is 6.03 Å². The molecule has 1 saturated carbocycles. The van der Waals surface area contributed by atoms with Crippen molar-refractivity contribution in [2.75, 3.05) is 18.0 Å². The summed E-state index contributed by atoms with van der Waals surface area (Å²) in [5.74, 6) is 0.579. The minimum absolute atomic E-state index is 0.00912. The van der Waals surface area contributed by atoms with Crippen molar-refractivity contribution >= 4 is 22.6 Å². The van der Waals surface area contributed by atoms with Gasteiger partial charge in [-0.3, -0.25) is 9.58 Å². The number of hydrogen-bond donors (Lipinski definition) is 1. The van der Waals surface area contributed by atoms with E-state index in [0.717, 1.165) is 47.5 Å². The minimum atomic E-state index is -0.00912. The molecule has 160 valence electrons. The average Bonchev–Trinajstić information content (AvgIpc) is 3.45. The maximum absolute atomic E-state index is 13.2. The quantitative estimate of drug-likeness (QED) is 0.596. The number of carbonyl (C=O) groups is 1. The third-order valence-corrected chi connectivity index (χ3v) is 6.26. The molecule has 1 aliphatic rings. The number of rotatable bonds is 7. The Balaban J connectivity index is 1.46. The molecule has 1 aliphatic carbocycles. The highest BCUT2D eigenvalue weighted by Gasteiger charge is 2.23. The first-order valence-corrected chi connectivity index (χ1v) is 11.0. The summed E-state index contributed by atoms with van der Waals surface area (Å²) in [6.07, 6.45) is 9.53. The predicted molar refractivity (Wildman–Crippen MR) is 120 cm³/mol. The van der Waals surface area contributed by atoms with Gasteiger partial charge in [-0.2, -0.15) is 5.10 Å². The number of benzene rings is 1. The van der Waals surface area contributed by atoms with E-state index in [0.29, 0.717) is 12.5 Å². The van der Waals surface area contributed by atoms with Crippen molar-refractivity contribution in [2.24, 2.45) is 13.0 Å². The molecule has 0 atom stereocenters. The first-order chi connectivity index (χ1) is 14.5. The Kier molecular flexibility index (Phi) is 6.06. The molecule has 1 N–H and O–H groups in total. The van der Waals surface area contributed by atoms with E-state index in [2.05, 4.69) is 32.1 Å². The summed E-state index contributed by atoms with van der Waals surface area (Å²) in [6.45, 7) is 6.34. The number of nitrogens with one attached hydrogen (secondary N) is 1. The minimum Gasteiger partial charge on any atom is -0.338 e. The van der Waals surface area contributed by atoms with E-state index >= 15 is 0 Å². The highest BCUT2D eigenvalue weighted by Crippen LogP contribution is 2.29. The molecule has 0 saturated heterocycles. The van der Waals surface area contributed by atoms with Crippen LogP contribution in [0.25, 0.3) is 10.9 Å². The number of carbonyl (C=O) groups excluding carboxylic acids is 1. The second-order valence-electron chi connectivity index (χ2n) is 8.49. The fourth-order valence-electron chi connectivity index (χ4n) is 4.51. The second kappa shape index (κ2) is 8.90. The third kappa shape index (κ3) is 4.35. The van der Waals surface area contributed by atoms with Crippen LogP contribution in [0.5, 0.6) is 0 Å².